The van der Waals surface area contributed by atoms with Crippen LogP contribution in [-0.2, 0) is 0 Å². The van der Waals surface area contributed by atoms with Crippen LogP contribution in [0.2, 0.25) is 0 Å². The van der Waals surface area contributed by atoms with Crippen molar-refractivity contribution in [3.8, 4) is 5.75 Å². The molecule has 5 aromatic rings. The lowest BCUT2D eigenvalue weighted by Gasteiger charge is -2.21. The number of azo groups is 2. The first-order valence-electron chi connectivity index (χ1n) is 13.7. The molecule has 0 aliphatic carbocycles. The number of phenols is 1. The van der Waals surface area contributed by atoms with Gasteiger partial charge >= 0.3 is 0 Å². The van der Waals surface area contributed by atoms with Gasteiger partial charge in [-0.3, -0.25) is 4.99 Å². The molecule has 0 amide bonds. The molecule has 0 aromatic heterocycles. The Morgan fingerprint density at radius 3 is 1.76 bits per heavy atom. The topological polar surface area (TPSA) is 85.3 Å². The zero-order valence-corrected chi connectivity index (χ0v) is 23.4. The Bertz CT molecular complexity index is 1720. The second-order valence-corrected chi connectivity index (χ2v) is 9.57. The summed E-state index contributed by atoms with van der Waals surface area (Å²) in [4.78, 5) is 6.89. The third-order valence-electron chi connectivity index (χ3n) is 6.80. The molecule has 7 nitrogen and oxygen atoms in total. The first-order valence-corrected chi connectivity index (χ1v) is 13.7. The van der Waals surface area contributed by atoms with Gasteiger partial charge in [0, 0.05) is 47.4 Å². The van der Waals surface area contributed by atoms with Gasteiger partial charge in [-0.2, -0.15) is 15.3 Å². The predicted octanol–water partition coefficient (Wildman–Crippen LogP) is 10.3. The van der Waals surface area contributed by atoms with Crippen molar-refractivity contribution in [1.82, 2.24) is 0 Å². The Kier molecular flexibility index (Phi) is 8.55. The number of phenolic OH excluding ortho intramolecular Hbond substituents is 1. The number of hydrogen-bond donors (Lipinski definition) is 1. The van der Waals surface area contributed by atoms with E-state index in [4.69, 9.17) is 4.99 Å². The van der Waals surface area contributed by atoms with Crippen molar-refractivity contribution in [2.75, 3.05) is 18.0 Å². The number of aryl methyl sites for hydroxylation is 1. The highest BCUT2D eigenvalue weighted by atomic mass is 16.3. The second-order valence-electron chi connectivity index (χ2n) is 9.57. The minimum Gasteiger partial charge on any atom is -0.507 e. The summed E-state index contributed by atoms with van der Waals surface area (Å²) in [6.07, 6.45) is 1.70. The molecule has 7 heteroatoms. The number of nitrogens with zero attached hydrogens (tertiary/aromatic N) is 6. The van der Waals surface area contributed by atoms with Gasteiger partial charge in [0.2, 0.25) is 0 Å². The van der Waals surface area contributed by atoms with E-state index in [1.807, 2.05) is 104 Å². The van der Waals surface area contributed by atoms with E-state index in [1.54, 1.807) is 12.3 Å². The van der Waals surface area contributed by atoms with Crippen LogP contribution >= 0.6 is 0 Å². The number of aromatic hydroxyl groups is 1. The van der Waals surface area contributed by atoms with Crippen LogP contribution in [0.5, 0.6) is 5.75 Å². The van der Waals surface area contributed by atoms with Crippen molar-refractivity contribution in [3.63, 3.8) is 0 Å². The summed E-state index contributed by atoms with van der Waals surface area (Å²) in [6.45, 7) is 8.00. The number of aliphatic imine (C=N–C) groups is 1. The third kappa shape index (κ3) is 6.70. The average molecular weight is 541 g/mol. The van der Waals surface area contributed by atoms with E-state index in [1.165, 1.54) is 5.56 Å². The molecule has 0 fully saturated rings. The van der Waals surface area contributed by atoms with Gasteiger partial charge in [0.05, 0.1) is 28.4 Å². The van der Waals surface area contributed by atoms with Crippen molar-refractivity contribution in [3.05, 3.63) is 114 Å². The second kappa shape index (κ2) is 12.8. The minimum atomic E-state index is 0.204. The summed E-state index contributed by atoms with van der Waals surface area (Å²) in [5.41, 5.74) is 6.64. The molecule has 0 spiro atoms. The maximum atomic E-state index is 10.6. The SMILES string of the molecule is CCN(CC)c1ccc(C=Nc2ccc(N=Nc3ccc(N=Nc4ccc(C)cc4)cc3)c3ccccc23)c(O)c1. The van der Waals surface area contributed by atoms with Crippen LogP contribution in [0, 0.1) is 6.92 Å². The predicted molar refractivity (Wildman–Crippen MR) is 169 cm³/mol. The van der Waals surface area contributed by atoms with E-state index in [0.29, 0.717) is 11.3 Å². The summed E-state index contributed by atoms with van der Waals surface area (Å²) >= 11 is 0. The number of anilines is 1. The zero-order chi connectivity index (χ0) is 28.6. The van der Waals surface area contributed by atoms with Gasteiger partial charge in [-0.1, -0.05) is 42.0 Å². The number of hydrogen-bond acceptors (Lipinski definition) is 7. The van der Waals surface area contributed by atoms with Gasteiger partial charge < -0.3 is 10.0 Å². The van der Waals surface area contributed by atoms with Crippen LogP contribution in [0.1, 0.15) is 25.0 Å². The van der Waals surface area contributed by atoms with Crippen molar-refractivity contribution in [1.29, 1.82) is 0 Å². The lowest BCUT2D eigenvalue weighted by molar-refractivity contribution is 0.474. The highest BCUT2D eigenvalue weighted by molar-refractivity contribution is 6.01. The van der Waals surface area contributed by atoms with Crippen molar-refractivity contribution in [2.45, 2.75) is 20.8 Å². The maximum absolute atomic E-state index is 10.6. The normalized spacial score (nSPS) is 11.8. The van der Waals surface area contributed by atoms with Crippen LogP contribution in [0.25, 0.3) is 10.8 Å². The highest BCUT2D eigenvalue weighted by Crippen LogP contribution is 2.35. The molecule has 0 unspecified atom stereocenters. The third-order valence-corrected chi connectivity index (χ3v) is 6.80. The molecule has 0 saturated heterocycles. The fourth-order valence-corrected chi connectivity index (χ4v) is 4.46. The fourth-order valence-electron chi connectivity index (χ4n) is 4.46. The molecule has 0 radical (unpaired) electrons. The van der Waals surface area contributed by atoms with Crippen LogP contribution in [0.4, 0.5) is 34.1 Å². The highest BCUT2D eigenvalue weighted by Gasteiger charge is 2.08. The van der Waals surface area contributed by atoms with E-state index in [0.717, 1.165) is 52.3 Å². The molecule has 204 valence electrons. The van der Waals surface area contributed by atoms with Gasteiger partial charge in [0.15, 0.2) is 0 Å². The van der Waals surface area contributed by atoms with E-state index >= 15 is 0 Å². The van der Waals surface area contributed by atoms with Crippen LogP contribution in [-0.4, -0.2) is 24.4 Å². The van der Waals surface area contributed by atoms with Crippen molar-refractivity contribution >= 4 is 51.1 Å². The molecular weight excluding hydrogens is 508 g/mol. The van der Waals surface area contributed by atoms with Crippen molar-refractivity contribution < 1.29 is 5.11 Å². The monoisotopic (exact) mass is 540 g/mol. The Hall–Kier alpha value is -5.17. The molecule has 0 aliphatic rings. The Balaban J connectivity index is 1.33. The molecule has 0 heterocycles. The standard InChI is InChI=1S/C34H32N6O/c1-4-40(5-2)29-19-12-25(34(41)22-29)23-35-32-20-21-33(31-9-7-6-8-30(31)32)39-38-28-17-15-27(16-18-28)37-36-26-13-10-24(3)11-14-26/h6-23,41H,4-5H2,1-3H3. The van der Waals surface area contributed by atoms with Gasteiger partial charge in [-0.25, -0.2) is 0 Å². The first kappa shape index (κ1) is 27.4. The van der Waals surface area contributed by atoms with E-state index in [2.05, 4.69) is 39.2 Å². The Morgan fingerprint density at radius 1 is 0.634 bits per heavy atom. The number of fused-ring (bicyclic) bond motifs is 1. The Labute approximate surface area is 240 Å². The van der Waals surface area contributed by atoms with Gasteiger partial charge in [0.1, 0.15) is 5.75 Å². The summed E-state index contributed by atoms with van der Waals surface area (Å²) in [5.74, 6) is 0.204. The number of benzene rings is 5. The summed E-state index contributed by atoms with van der Waals surface area (Å²) in [6, 6.07) is 32.9. The summed E-state index contributed by atoms with van der Waals surface area (Å²) < 4.78 is 0. The molecule has 41 heavy (non-hydrogen) atoms. The van der Waals surface area contributed by atoms with Gasteiger partial charge in [-0.05, 0) is 81.4 Å². The lowest BCUT2D eigenvalue weighted by atomic mass is 10.1. The number of rotatable bonds is 9. The molecule has 0 saturated carbocycles. The van der Waals surface area contributed by atoms with Crippen molar-refractivity contribution in [2.24, 2.45) is 25.4 Å². The van der Waals surface area contributed by atoms with Crippen LogP contribution in [0.3, 0.4) is 0 Å². The zero-order valence-electron chi connectivity index (χ0n) is 23.4. The first-order chi connectivity index (χ1) is 20.0. The minimum absolute atomic E-state index is 0.204. The van der Waals surface area contributed by atoms with Gasteiger partial charge in [0.25, 0.3) is 0 Å². The molecule has 5 rings (SSSR count). The quantitative estimate of drug-likeness (QED) is 0.149. The smallest absolute Gasteiger partial charge is 0.126 e. The average Bonchev–Trinajstić information content (AvgIpc) is 3.01. The lowest BCUT2D eigenvalue weighted by Crippen LogP contribution is -2.21. The van der Waals surface area contributed by atoms with Gasteiger partial charge in [-0.15, -0.1) is 5.11 Å². The molecule has 5 aromatic carbocycles. The van der Waals surface area contributed by atoms with E-state index < -0.39 is 0 Å². The van der Waals surface area contributed by atoms with Crippen LogP contribution in [0.15, 0.2) is 129 Å². The molecule has 1 N–H and O–H groups in total. The molecule has 0 aliphatic heterocycles. The maximum Gasteiger partial charge on any atom is 0.126 e. The summed E-state index contributed by atoms with van der Waals surface area (Å²) in [7, 11) is 0. The molecule has 0 bridgehead atoms. The van der Waals surface area contributed by atoms with E-state index in [9.17, 15) is 5.11 Å². The Morgan fingerprint density at radius 2 is 1.17 bits per heavy atom. The van der Waals surface area contributed by atoms with Crippen LogP contribution < -0.4 is 4.90 Å². The molecular formula is C34H32N6O. The largest absolute Gasteiger partial charge is 0.507 e. The fraction of sp³-hybridized carbons (Fsp3) is 0.147. The van der Waals surface area contributed by atoms with E-state index in [-0.39, 0.29) is 5.75 Å². The molecule has 0 atom stereocenters. The summed E-state index contributed by atoms with van der Waals surface area (Å²) in [5, 5.41) is 30.0.